The van der Waals surface area contributed by atoms with Gasteiger partial charge in [0.2, 0.25) is 5.91 Å². The number of anilines is 2. The van der Waals surface area contributed by atoms with Gasteiger partial charge in [-0.2, -0.15) is 5.10 Å². The van der Waals surface area contributed by atoms with Crippen LogP contribution >= 0.6 is 11.6 Å². The number of benzene rings is 2. The summed E-state index contributed by atoms with van der Waals surface area (Å²) >= 11 is 6.72. The first kappa shape index (κ1) is 32.0. The summed E-state index contributed by atoms with van der Waals surface area (Å²) in [7, 11) is 5.76. The van der Waals surface area contributed by atoms with Crippen molar-refractivity contribution in [2.75, 3.05) is 43.4 Å². The molecule has 5 aromatic rings. The lowest BCUT2D eigenvalue weighted by molar-refractivity contribution is -0.118. The van der Waals surface area contributed by atoms with Crippen LogP contribution < -0.4 is 15.5 Å². The van der Waals surface area contributed by atoms with Crippen molar-refractivity contribution in [2.45, 2.75) is 19.4 Å². The third-order valence-electron chi connectivity index (χ3n) is 8.60. The molecular weight excluding hydrogens is 614 g/mol. The van der Waals surface area contributed by atoms with E-state index in [1.807, 2.05) is 73.3 Å². The van der Waals surface area contributed by atoms with Gasteiger partial charge in [-0.3, -0.25) is 14.3 Å². The quantitative estimate of drug-likeness (QED) is 0.240. The van der Waals surface area contributed by atoms with Crippen LogP contribution in [0.25, 0.3) is 22.4 Å². The van der Waals surface area contributed by atoms with E-state index in [0.29, 0.717) is 16.4 Å². The van der Waals surface area contributed by atoms with Gasteiger partial charge in [0.15, 0.2) is 0 Å². The number of rotatable bonds is 9. The van der Waals surface area contributed by atoms with Gasteiger partial charge in [-0.15, -0.1) is 0 Å². The third kappa shape index (κ3) is 7.21. The van der Waals surface area contributed by atoms with Gasteiger partial charge in [-0.25, -0.2) is 9.97 Å². The number of carbonyl (C=O) groups excluding carboxylic acids is 2. The second-order valence-electron chi connectivity index (χ2n) is 11.9. The number of likely N-dealkylation sites (N-methyl/N-ethyl adjacent to an activating group) is 1. The first-order valence-corrected chi connectivity index (χ1v) is 15.9. The molecule has 0 spiro atoms. The maximum Gasteiger partial charge on any atom is 0.270 e. The van der Waals surface area contributed by atoms with Gasteiger partial charge >= 0.3 is 0 Å². The zero-order valence-electron chi connectivity index (χ0n) is 26.9. The van der Waals surface area contributed by atoms with Crippen molar-refractivity contribution in [3.63, 3.8) is 0 Å². The zero-order chi connectivity index (χ0) is 33.1. The standard InChI is InChI=1S/C35H38ClN9O2/c1-23-33(43(3)22-38-23)24-5-8-28(9-6-24)40-34(46)30(41-35(47)31-12-14-39-44(31)4)20-27-19-25(7-10-29(27)36)26-11-13-37-32(21-26)45-17-15-42(2)16-18-45/h5-14,19,21-22,30H,15-18,20H2,1-4H3,(H,40,46)(H,41,47)/t30-/m0/s1. The van der Waals surface area contributed by atoms with E-state index < -0.39 is 11.9 Å². The van der Waals surface area contributed by atoms with Gasteiger partial charge in [0.05, 0.1) is 17.7 Å². The summed E-state index contributed by atoms with van der Waals surface area (Å²) in [6.45, 7) is 5.76. The van der Waals surface area contributed by atoms with Crippen LogP contribution in [0, 0.1) is 6.92 Å². The van der Waals surface area contributed by atoms with E-state index in [-0.39, 0.29) is 12.3 Å². The van der Waals surface area contributed by atoms with Gasteiger partial charge < -0.3 is 25.0 Å². The Morgan fingerprint density at radius 3 is 2.28 bits per heavy atom. The van der Waals surface area contributed by atoms with Crippen molar-refractivity contribution in [3.05, 3.63) is 101 Å². The molecular formula is C35H38ClN9O2. The summed E-state index contributed by atoms with van der Waals surface area (Å²) in [5, 5.41) is 10.5. The number of halogens is 1. The smallest absolute Gasteiger partial charge is 0.270 e. The predicted molar refractivity (Wildman–Crippen MR) is 185 cm³/mol. The number of hydrogen-bond donors (Lipinski definition) is 2. The van der Waals surface area contributed by atoms with E-state index in [1.54, 1.807) is 25.6 Å². The number of carbonyl (C=O) groups is 2. The summed E-state index contributed by atoms with van der Waals surface area (Å²) < 4.78 is 3.43. The Labute approximate surface area is 279 Å². The minimum atomic E-state index is -0.928. The molecule has 2 N–H and O–H groups in total. The number of aromatic nitrogens is 5. The fourth-order valence-electron chi connectivity index (χ4n) is 5.88. The van der Waals surface area contributed by atoms with Gasteiger partial charge in [-0.1, -0.05) is 29.8 Å². The Kier molecular flexibility index (Phi) is 9.37. The second-order valence-corrected chi connectivity index (χ2v) is 12.3. The fourth-order valence-corrected chi connectivity index (χ4v) is 6.07. The van der Waals surface area contributed by atoms with Crippen LogP contribution in [0.2, 0.25) is 5.02 Å². The molecule has 2 aromatic carbocycles. The molecule has 0 bridgehead atoms. The fraction of sp³-hybridized carbons (Fsp3) is 0.286. The number of pyridine rings is 1. The Balaban J connectivity index is 1.25. The molecule has 1 atom stereocenters. The molecule has 1 fully saturated rings. The molecule has 0 unspecified atom stereocenters. The van der Waals surface area contributed by atoms with Gasteiger partial charge in [0, 0.05) is 75.4 Å². The van der Waals surface area contributed by atoms with Crippen LogP contribution in [0.3, 0.4) is 0 Å². The first-order valence-electron chi connectivity index (χ1n) is 15.5. The molecule has 1 saturated heterocycles. The predicted octanol–water partition coefficient (Wildman–Crippen LogP) is 4.58. The van der Waals surface area contributed by atoms with E-state index in [9.17, 15) is 9.59 Å². The molecule has 242 valence electrons. The largest absolute Gasteiger partial charge is 0.354 e. The number of piperazine rings is 1. The number of imidazole rings is 1. The van der Waals surface area contributed by atoms with Gasteiger partial charge in [0.25, 0.3) is 5.91 Å². The average molecular weight is 652 g/mol. The summed E-state index contributed by atoms with van der Waals surface area (Å²) in [4.78, 5) is 40.7. The highest BCUT2D eigenvalue weighted by Crippen LogP contribution is 2.29. The molecule has 47 heavy (non-hydrogen) atoms. The second kappa shape index (κ2) is 13.8. The topological polar surface area (TPSA) is 113 Å². The minimum absolute atomic E-state index is 0.171. The molecule has 6 rings (SSSR count). The Hall–Kier alpha value is -5.00. The molecule has 12 heteroatoms. The van der Waals surface area contributed by atoms with E-state index in [1.165, 1.54) is 4.68 Å². The normalized spacial score (nSPS) is 14.2. The number of nitrogens with zero attached hydrogens (tertiary/aromatic N) is 7. The first-order chi connectivity index (χ1) is 22.7. The van der Waals surface area contributed by atoms with Crippen LogP contribution in [0.4, 0.5) is 11.5 Å². The maximum atomic E-state index is 13.8. The average Bonchev–Trinajstić information content (AvgIpc) is 3.66. The Morgan fingerprint density at radius 2 is 1.60 bits per heavy atom. The van der Waals surface area contributed by atoms with Crippen LogP contribution in [-0.4, -0.2) is 80.3 Å². The van der Waals surface area contributed by atoms with E-state index in [2.05, 4.69) is 48.6 Å². The SMILES string of the molecule is Cc1ncn(C)c1-c1ccc(NC(=O)[C@H](Cc2cc(-c3ccnc(N4CCN(C)CC4)c3)ccc2Cl)NC(=O)c2ccnn2C)cc1. The van der Waals surface area contributed by atoms with Crippen molar-refractivity contribution in [3.8, 4) is 22.4 Å². The van der Waals surface area contributed by atoms with Gasteiger partial charge in [0.1, 0.15) is 17.6 Å². The summed E-state index contributed by atoms with van der Waals surface area (Å²) in [5.74, 6) is 0.149. The number of amides is 2. The molecule has 0 saturated carbocycles. The highest BCUT2D eigenvalue weighted by Gasteiger charge is 2.25. The highest BCUT2D eigenvalue weighted by molar-refractivity contribution is 6.31. The molecule has 3 aromatic heterocycles. The lowest BCUT2D eigenvalue weighted by Crippen LogP contribution is -2.45. The molecule has 1 aliphatic rings. The molecule has 1 aliphatic heterocycles. The van der Waals surface area contributed by atoms with Crippen molar-refractivity contribution < 1.29 is 9.59 Å². The van der Waals surface area contributed by atoms with Crippen LogP contribution in [0.15, 0.2) is 79.4 Å². The van der Waals surface area contributed by atoms with Crippen molar-refractivity contribution in [1.82, 2.24) is 34.5 Å². The third-order valence-corrected chi connectivity index (χ3v) is 8.97. The van der Waals surface area contributed by atoms with Crippen LogP contribution in [0.1, 0.15) is 21.7 Å². The van der Waals surface area contributed by atoms with Gasteiger partial charge in [-0.05, 0) is 73.1 Å². The highest BCUT2D eigenvalue weighted by atomic mass is 35.5. The molecule has 0 radical (unpaired) electrons. The molecule has 11 nitrogen and oxygen atoms in total. The number of aryl methyl sites for hydroxylation is 3. The van der Waals surface area contributed by atoms with Crippen molar-refractivity contribution in [1.29, 1.82) is 0 Å². The van der Waals surface area contributed by atoms with Crippen LogP contribution in [0.5, 0.6) is 0 Å². The summed E-state index contributed by atoms with van der Waals surface area (Å²) in [6.07, 6.45) is 5.31. The van der Waals surface area contributed by atoms with Crippen LogP contribution in [-0.2, 0) is 25.3 Å². The Morgan fingerprint density at radius 1 is 0.872 bits per heavy atom. The number of hydrogen-bond acceptors (Lipinski definition) is 7. The van der Waals surface area contributed by atoms with Crippen molar-refractivity contribution >= 4 is 34.9 Å². The Bertz CT molecular complexity index is 1870. The van der Waals surface area contributed by atoms with E-state index in [4.69, 9.17) is 11.6 Å². The van der Waals surface area contributed by atoms with E-state index >= 15 is 0 Å². The maximum absolute atomic E-state index is 13.8. The molecule has 4 heterocycles. The minimum Gasteiger partial charge on any atom is -0.354 e. The molecule has 2 amide bonds. The summed E-state index contributed by atoms with van der Waals surface area (Å²) in [6, 6.07) is 18.1. The monoisotopic (exact) mass is 651 g/mol. The van der Waals surface area contributed by atoms with E-state index in [0.717, 1.165) is 65.6 Å². The lowest BCUT2D eigenvalue weighted by atomic mass is 9.99. The zero-order valence-corrected chi connectivity index (χ0v) is 27.7. The number of nitrogens with one attached hydrogen (secondary N) is 2. The summed E-state index contributed by atoms with van der Waals surface area (Å²) in [5.41, 5.74) is 6.52. The lowest BCUT2D eigenvalue weighted by Gasteiger charge is -2.33. The molecule has 0 aliphatic carbocycles. The van der Waals surface area contributed by atoms with Crippen molar-refractivity contribution in [2.24, 2.45) is 14.1 Å².